The van der Waals surface area contributed by atoms with Gasteiger partial charge in [0.2, 0.25) is 0 Å². The third-order valence-electron chi connectivity index (χ3n) is 2.46. The Balaban J connectivity index is 2.67. The normalized spacial score (nSPS) is 17.4. The van der Waals surface area contributed by atoms with Gasteiger partial charge in [-0.3, -0.25) is 4.79 Å². The molecule has 0 spiro atoms. The molecule has 0 aliphatic carbocycles. The van der Waals surface area contributed by atoms with Crippen LogP contribution in [0.5, 0.6) is 0 Å². The van der Waals surface area contributed by atoms with Crippen molar-refractivity contribution in [3.63, 3.8) is 0 Å². The second-order valence-electron chi connectivity index (χ2n) is 3.14. The molecule has 0 saturated carbocycles. The minimum absolute atomic E-state index is 0.311. The summed E-state index contributed by atoms with van der Waals surface area (Å²) in [5.74, 6) is -1.65. The average molecular weight is 272 g/mol. The van der Waals surface area contributed by atoms with Gasteiger partial charge in [0.15, 0.2) is 0 Å². The van der Waals surface area contributed by atoms with Gasteiger partial charge in [0.1, 0.15) is 0 Å². The van der Waals surface area contributed by atoms with Crippen LogP contribution in [0.1, 0.15) is 5.56 Å². The van der Waals surface area contributed by atoms with Gasteiger partial charge in [0.05, 0.1) is 11.3 Å². The SMILES string of the molecule is COC1(OC)C(=O)Nc2cccc(Br)c21. The van der Waals surface area contributed by atoms with Crippen molar-refractivity contribution in [1.29, 1.82) is 0 Å². The van der Waals surface area contributed by atoms with Crippen molar-refractivity contribution < 1.29 is 14.3 Å². The Bertz CT molecular complexity index is 415. The minimum Gasteiger partial charge on any atom is -0.342 e. The smallest absolute Gasteiger partial charge is 0.289 e. The summed E-state index contributed by atoms with van der Waals surface area (Å²) in [6.07, 6.45) is 0. The van der Waals surface area contributed by atoms with Crippen LogP contribution in [0.15, 0.2) is 22.7 Å². The van der Waals surface area contributed by atoms with Crippen molar-refractivity contribution in [3.05, 3.63) is 28.2 Å². The fourth-order valence-corrected chi connectivity index (χ4v) is 2.38. The van der Waals surface area contributed by atoms with Gasteiger partial charge >= 0.3 is 0 Å². The van der Waals surface area contributed by atoms with Crippen molar-refractivity contribution in [3.8, 4) is 0 Å². The number of rotatable bonds is 2. The van der Waals surface area contributed by atoms with Crippen molar-refractivity contribution in [2.45, 2.75) is 5.79 Å². The zero-order valence-corrected chi connectivity index (χ0v) is 9.92. The molecular formula is C10H10BrNO3. The molecule has 1 aromatic rings. The number of ether oxygens (including phenoxy) is 2. The van der Waals surface area contributed by atoms with E-state index in [0.29, 0.717) is 11.3 Å². The Hall–Kier alpha value is -0.910. The molecule has 80 valence electrons. The number of methoxy groups -OCH3 is 2. The number of anilines is 1. The van der Waals surface area contributed by atoms with Gasteiger partial charge in [-0.25, -0.2) is 0 Å². The molecule has 1 N–H and O–H groups in total. The summed E-state index contributed by atoms with van der Waals surface area (Å²) in [5, 5.41) is 2.71. The van der Waals surface area contributed by atoms with Gasteiger partial charge in [-0.05, 0) is 12.1 Å². The van der Waals surface area contributed by atoms with Crippen molar-refractivity contribution >= 4 is 27.5 Å². The zero-order chi connectivity index (χ0) is 11.1. The van der Waals surface area contributed by atoms with Crippen LogP contribution in [0.4, 0.5) is 5.69 Å². The lowest BCUT2D eigenvalue weighted by Crippen LogP contribution is -2.38. The highest BCUT2D eigenvalue weighted by atomic mass is 79.9. The Morgan fingerprint density at radius 2 is 2.00 bits per heavy atom. The van der Waals surface area contributed by atoms with E-state index in [1.54, 1.807) is 6.07 Å². The fourth-order valence-electron chi connectivity index (χ4n) is 1.75. The van der Waals surface area contributed by atoms with E-state index in [0.717, 1.165) is 4.47 Å². The molecule has 2 rings (SSSR count). The summed E-state index contributed by atoms with van der Waals surface area (Å²) in [7, 11) is 2.88. The van der Waals surface area contributed by atoms with Gasteiger partial charge in [-0.1, -0.05) is 22.0 Å². The lowest BCUT2D eigenvalue weighted by atomic mass is 10.1. The zero-order valence-electron chi connectivity index (χ0n) is 8.33. The van der Waals surface area contributed by atoms with E-state index in [2.05, 4.69) is 21.2 Å². The minimum atomic E-state index is -1.34. The van der Waals surface area contributed by atoms with Crippen LogP contribution >= 0.6 is 15.9 Å². The topological polar surface area (TPSA) is 47.6 Å². The number of nitrogens with one attached hydrogen (secondary N) is 1. The Morgan fingerprint density at radius 3 is 2.60 bits per heavy atom. The number of benzene rings is 1. The maximum atomic E-state index is 11.8. The summed E-state index contributed by atoms with van der Waals surface area (Å²) >= 11 is 3.38. The highest BCUT2D eigenvalue weighted by Gasteiger charge is 2.49. The van der Waals surface area contributed by atoms with Gasteiger partial charge in [0, 0.05) is 18.7 Å². The molecular weight excluding hydrogens is 262 g/mol. The van der Waals surface area contributed by atoms with Crippen LogP contribution in [0, 0.1) is 0 Å². The van der Waals surface area contributed by atoms with Crippen LogP contribution in [-0.4, -0.2) is 20.1 Å². The highest BCUT2D eigenvalue weighted by Crippen LogP contribution is 2.43. The van der Waals surface area contributed by atoms with E-state index >= 15 is 0 Å². The molecule has 1 heterocycles. The molecule has 5 heteroatoms. The second kappa shape index (κ2) is 3.59. The molecule has 0 atom stereocenters. The molecule has 0 fully saturated rings. The maximum absolute atomic E-state index is 11.8. The highest BCUT2D eigenvalue weighted by molar-refractivity contribution is 9.10. The van der Waals surface area contributed by atoms with Crippen LogP contribution in [0.25, 0.3) is 0 Å². The first-order chi connectivity index (χ1) is 7.15. The number of hydrogen-bond acceptors (Lipinski definition) is 3. The monoisotopic (exact) mass is 271 g/mol. The number of carbonyl (C=O) groups is 1. The number of amides is 1. The first-order valence-electron chi connectivity index (χ1n) is 4.36. The van der Waals surface area contributed by atoms with Crippen molar-refractivity contribution in [2.24, 2.45) is 0 Å². The third kappa shape index (κ3) is 1.31. The van der Waals surface area contributed by atoms with E-state index in [-0.39, 0.29) is 5.91 Å². The first-order valence-corrected chi connectivity index (χ1v) is 5.15. The quantitative estimate of drug-likeness (QED) is 0.836. The van der Waals surface area contributed by atoms with E-state index in [4.69, 9.17) is 9.47 Å². The molecule has 0 saturated heterocycles. The van der Waals surface area contributed by atoms with Crippen LogP contribution in [-0.2, 0) is 20.1 Å². The fraction of sp³-hybridized carbons (Fsp3) is 0.300. The number of carbonyl (C=O) groups excluding carboxylic acids is 1. The third-order valence-corrected chi connectivity index (χ3v) is 3.13. The van der Waals surface area contributed by atoms with E-state index in [1.165, 1.54) is 14.2 Å². The van der Waals surface area contributed by atoms with E-state index < -0.39 is 5.79 Å². The largest absolute Gasteiger partial charge is 0.342 e. The summed E-state index contributed by atoms with van der Waals surface area (Å²) in [4.78, 5) is 11.8. The van der Waals surface area contributed by atoms with Crippen LogP contribution < -0.4 is 5.32 Å². The molecule has 0 bridgehead atoms. The lowest BCUT2D eigenvalue weighted by Gasteiger charge is -2.24. The average Bonchev–Trinajstić information content (AvgIpc) is 2.52. The molecule has 1 aliphatic heterocycles. The van der Waals surface area contributed by atoms with Gasteiger partial charge in [0.25, 0.3) is 11.7 Å². The lowest BCUT2D eigenvalue weighted by molar-refractivity contribution is -0.207. The van der Waals surface area contributed by atoms with Gasteiger partial charge in [-0.2, -0.15) is 0 Å². The first kappa shape index (κ1) is 10.6. The standard InChI is InChI=1S/C10H10BrNO3/c1-14-10(15-2)8-6(11)4-3-5-7(8)12-9(10)13/h3-5H,1-2H3,(H,12,13). The van der Waals surface area contributed by atoms with Crippen LogP contribution in [0.2, 0.25) is 0 Å². The summed E-state index contributed by atoms with van der Waals surface area (Å²) in [5.41, 5.74) is 1.39. The number of hydrogen-bond donors (Lipinski definition) is 1. The molecule has 1 aromatic carbocycles. The van der Waals surface area contributed by atoms with E-state index in [1.807, 2.05) is 12.1 Å². The van der Waals surface area contributed by atoms with Crippen molar-refractivity contribution in [2.75, 3.05) is 19.5 Å². The second-order valence-corrected chi connectivity index (χ2v) is 4.00. The predicted molar refractivity (Wildman–Crippen MR) is 58.5 cm³/mol. The summed E-state index contributed by atoms with van der Waals surface area (Å²) < 4.78 is 11.2. The number of fused-ring (bicyclic) bond motifs is 1. The van der Waals surface area contributed by atoms with Gasteiger partial charge in [-0.15, -0.1) is 0 Å². The Labute approximate surface area is 95.7 Å². The molecule has 1 amide bonds. The van der Waals surface area contributed by atoms with Gasteiger partial charge < -0.3 is 14.8 Å². The molecule has 1 aliphatic rings. The van der Waals surface area contributed by atoms with E-state index in [9.17, 15) is 4.79 Å². The molecule has 15 heavy (non-hydrogen) atoms. The summed E-state index contributed by atoms with van der Waals surface area (Å²) in [6.45, 7) is 0. The Morgan fingerprint density at radius 1 is 1.33 bits per heavy atom. The molecule has 0 radical (unpaired) electrons. The summed E-state index contributed by atoms with van der Waals surface area (Å²) in [6, 6.07) is 5.48. The molecule has 4 nitrogen and oxygen atoms in total. The molecule has 0 unspecified atom stereocenters. The van der Waals surface area contributed by atoms with Crippen molar-refractivity contribution in [1.82, 2.24) is 0 Å². The Kier molecular flexibility index (Phi) is 2.54. The van der Waals surface area contributed by atoms with Crippen LogP contribution in [0.3, 0.4) is 0 Å². The number of halogens is 1. The molecule has 0 aromatic heterocycles. The maximum Gasteiger partial charge on any atom is 0.289 e. The predicted octanol–water partition coefficient (Wildman–Crippen LogP) is 1.85.